The van der Waals surface area contributed by atoms with E-state index in [1.807, 2.05) is 29.2 Å². The number of rotatable bonds is 3. The number of fused-ring (bicyclic) bond motifs is 1. The van der Waals surface area contributed by atoms with Crippen LogP contribution in [0.5, 0.6) is 0 Å². The Balaban J connectivity index is 1.65. The number of halogens is 3. The fourth-order valence-electron chi connectivity index (χ4n) is 3.39. The smallest absolute Gasteiger partial charge is 0.164 e. The van der Waals surface area contributed by atoms with Crippen molar-refractivity contribution in [3.05, 3.63) is 63.1 Å². The van der Waals surface area contributed by atoms with Crippen LogP contribution in [0, 0.1) is 0 Å². The summed E-state index contributed by atoms with van der Waals surface area (Å²) in [5, 5.41) is 2.46. The first-order valence-corrected chi connectivity index (χ1v) is 12.2. The van der Waals surface area contributed by atoms with E-state index in [1.165, 1.54) is 0 Å². The Labute approximate surface area is 177 Å². The van der Waals surface area contributed by atoms with Crippen molar-refractivity contribution < 1.29 is 8.42 Å². The highest BCUT2D eigenvalue weighted by atomic mass is 35.5. The molecule has 2 aromatic carbocycles. The van der Waals surface area contributed by atoms with E-state index in [1.54, 1.807) is 30.0 Å². The summed E-state index contributed by atoms with van der Waals surface area (Å²) in [5.74, 6) is 0.826. The van der Waals surface area contributed by atoms with Crippen LogP contribution >= 0.6 is 46.6 Å². The molecule has 0 radical (unpaired) electrons. The highest BCUT2D eigenvalue weighted by molar-refractivity contribution is 8.13. The molecule has 4 nitrogen and oxygen atoms in total. The summed E-state index contributed by atoms with van der Waals surface area (Å²) in [5.41, 5.74) is 1.83. The van der Waals surface area contributed by atoms with E-state index in [-0.39, 0.29) is 23.6 Å². The quantitative estimate of drug-likeness (QED) is 0.651. The maximum absolute atomic E-state index is 12.1. The fourth-order valence-corrected chi connectivity index (χ4v) is 7.03. The maximum Gasteiger partial charge on any atom is 0.164 e. The van der Waals surface area contributed by atoms with Crippen LogP contribution < -0.4 is 4.90 Å². The minimum atomic E-state index is -3.10. The van der Waals surface area contributed by atoms with Crippen LogP contribution in [0.25, 0.3) is 0 Å². The largest absolute Gasteiger partial charge is 0.315 e. The van der Waals surface area contributed by atoms with Gasteiger partial charge in [0.15, 0.2) is 15.0 Å². The number of thioether (sulfide) groups is 1. The molecule has 0 unspecified atom stereocenters. The van der Waals surface area contributed by atoms with Gasteiger partial charge in [-0.25, -0.2) is 8.42 Å². The number of amidine groups is 1. The summed E-state index contributed by atoms with van der Waals surface area (Å²) in [7, 11) is -3.10. The van der Waals surface area contributed by atoms with Crippen LogP contribution in [0.2, 0.25) is 15.1 Å². The number of hydrogen-bond donors (Lipinski definition) is 0. The Morgan fingerprint density at radius 2 is 1.78 bits per heavy atom. The fraction of sp³-hybridized carbons (Fsp3) is 0.278. The molecular weight excluding hydrogens is 447 g/mol. The van der Waals surface area contributed by atoms with Gasteiger partial charge in [0.25, 0.3) is 0 Å². The van der Waals surface area contributed by atoms with Crippen molar-refractivity contribution in [2.24, 2.45) is 4.99 Å². The molecule has 2 atom stereocenters. The lowest BCUT2D eigenvalue weighted by Gasteiger charge is -2.27. The van der Waals surface area contributed by atoms with E-state index in [9.17, 15) is 8.42 Å². The van der Waals surface area contributed by atoms with Crippen molar-refractivity contribution in [1.82, 2.24) is 0 Å². The van der Waals surface area contributed by atoms with Crippen molar-refractivity contribution in [1.29, 1.82) is 0 Å². The van der Waals surface area contributed by atoms with Gasteiger partial charge in [-0.2, -0.15) is 0 Å². The molecule has 0 bridgehead atoms. The van der Waals surface area contributed by atoms with Gasteiger partial charge in [0.1, 0.15) is 0 Å². The topological polar surface area (TPSA) is 49.7 Å². The lowest BCUT2D eigenvalue weighted by atomic mass is 10.1. The highest BCUT2D eigenvalue weighted by Gasteiger charge is 2.47. The lowest BCUT2D eigenvalue weighted by Crippen LogP contribution is -2.39. The number of nitrogens with zero attached hydrogens (tertiary/aromatic N) is 2. The molecule has 2 aliphatic rings. The van der Waals surface area contributed by atoms with Crippen molar-refractivity contribution in [2.45, 2.75) is 17.8 Å². The third kappa shape index (κ3) is 4.25. The molecule has 9 heteroatoms. The van der Waals surface area contributed by atoms with Gasteiger partial charge >= 0.3 is 0 Å². The van der Waals surface area contributed by atoms with Gasteiger partial charge in [0, 0.05) is 26.5 Å². The van der Waals surface area contributed by atoms with Crippen LogP contribution in [0.15, 0.2) is 47.5 Å². The van der Waals surface area contributed by atoms with Gasteiger partial charge in [-0.1, -0.05) is 58.7 Å². The van der Waals surface area contributed by atoms with E-state index in [0.717, 1.165) is 16.4 Å². The third-order valence-electron chi connectivity index (χ3n) is 4.49. The summed E-state index contributed by atoms with van der Waals surface area (Å²) >= 11 is 20.0. The van der Waals surface area contributed by atoms with E-state index in [4.69, 9.17) is 39.8 Å². The first-order valence-electron chi connectivity index (χ1n) is 8.21. The number of aliphatic imine (C=N–C) groups is 1. The van der Waals surface area contributed by atoms with Gasteiger partial charge in [-0.15, -0.1) is 0 Å². The van der Waals surface area contributed by atoms with Crippen molar-refractivity contribution in [3.63, 3.8) is 0 Å². The standard InChI is InChI=1S/C18H15Cl3N2O2S2/c19-12-3-1-2-11(4-12)8-26-18-22-16-9-27(24,25)10-17(16)23(18)15-6-13(20)5-14(21)7-15/h1-7,16-17H,8-10H2/t16-,17-/m0/s1. The number of anilines is 1. The molecule has 142 valence electrons. The Kier molecular flexibility index (Phi) is 5.38. The van der Waals surface area contributed by atoms with E-state index in [0.29, 0.717) is 20.8 Å². The molecule has 2 aliphatic heterocycles. The summed E-state index contributed by atoms with van der Waals surface area (Å²) < 4.78 is 24.2. The summed E-state index contributed by atoms with van der Waals surface area (Å²) in [6.07, 6.45) is 0. The molecule has 4 rings (SSSR count). The molecule has 0 spiro atoms. The summed E-state index contributed by atoms with van der Waals surface area (Å²) in [6.45, 7) is 0. The Bertz CT molecular complexity index is 1010. The minimum absolute atomic E-state index is 0.0731. The van der Waals surface area contributed by atoms with E-state index in [2.05, 4.69) is 0 Å². The molecule has 1 saturated heterocycles. The van der Waals surface area contributed by atoms with Gasteiger partial charge in [0.2, 0.25) is 0 Å². The van der Waals surface area contributed by atoms with Gasteiger partial charge in [-0.3, -0.25) is 4.99 Å². The first kappa shape index (κ1) is 19.4. The highest BCUT2D eigenvalue weighted by Crippen LogP contribution is 2.38. The second kappa shape index (κ2) is 7.48. The molecule has 1 fully saturated rings. The van der Waals surface area contributed by atoms with Gasteiger partial charge in [0.05, 0.1) is 23.6 Å². The van der Waals surface area contributed by atoms with E-state index >= 15 is 0 Å². The Hall–Kier alpha value is -0.920. The zero-order chi connectivity index (χ0) is 19.2. The Morgan fingerprint density at radius 3 is 2.48 bits per heavy atom. The molecule has 0 aliphatic carbocycles. The average molecular weight is 462 g/mol. The van der Waals surface area contributed by atoms with Crippen LogP contribution in [0.3, 0.4) is 0 Å². The van der Waals surface area contributed by atoms with Crippen LogP contribution in [0.4, 0.5) is 5.69 Å². The second-order valence-corrected chi connectivity index (χ2v) is 10.9. The Morgan fingerprint density at radius 1 is 1.04 bits per heavy atom. The number of benzene rings is 2. The predicted molar refractivity (Wildman–Crippen MR) is 115 cm³/mol. The minimum Gasteiger partial charge on any atom is -0.315 e. The third-order valence-corrected chi connectivity index (χ3v) is 7.90. The molecular formula is C18H15Cl3N2O2S2. The monoisotopic (exact) mass is 460 g/mol. The molecule has 2 aromatic rings. The van der Waals surface area contributed by atoms with Gasteiger partial charge < -0.3 is 4.90 Å². The molecule has 2 heterocycles. The summed E-state index contributed by atoms with van der Waals surface area (Å²) in [6, 6.07) is 12.4. The van der Waals surface area contributed by atoms with Crippen LogP contribution in [0.1, 0.15) is 5.56 Å². The maximum atomic E-state index is 12.1. The number of hydrogen-bond acceptors (Lipinski definition) is 5. The zero-order valence-corrected chi connectivity index (χ0v) is 17.9. The van der Waals surface area contributed by atoms with Crippen molar-refractivity contribution >= 4 is 67.3 Å². The first-order chi connectivity index (χ1) is 12.8. The molecule has 27 heavy (non-hydrogen) atoms. The lowest BCUT2D eigenvalue weighted by molar-refractivity contribution is 0.601. The van der Waals surface area contributed by atoms with Crippen molar-refractivity contribution in [2.75, 3.05) is 16.4 Å². The van der Waals surface area contributed by atoms with Crippen LogP contribution in [-0.4, -0.2) is 37.2 Å². The second-order valence-electron chi connectivity index (χ2n) is 6.54. The summed E-state index contributed by atoms with van der Waals surface area (Å²) in [4.78, 5) is 6.67. The average Bonchev–Trinajstić information content (AvgIpc) is 3.03. The predicted octanol–water partition coefficient (Wildman–Crippen LogP) is 4.92. The van der Waals surface area contributed by atoms with Crippen molar-refractivity contribution in [3.8, 4) is 0 Å². The molecule has 0 N–H and O–H groups in total. The molecule has 0 amide bonds. The normalized spacial score (nSPS) is 23.4. The van der Waals surface area contributed by atoms with E-state index < -0.39 is 9.84 Å². The molecule has 0 saturated carbocycles. The van der Waals surface area contributed by atoms with Gasteiger partial charge in [-0.05, 0) is 35.9 Å². The van der Waals surface area contributed by atoms with Crippen LogP contribution in [-0.2, 0) is 15.6 Å². The zero-order valence-electron chi connectivity index (χ0n) is 14.0. The molecule has 0 aromatic heterocycles. The number of sulfone groups is 1. The SMILES string of the molecule is O=S1(=O)C[C@@H]2N=C(SCc3cccc(Cl)c3)N(c3cc(Cl)cc(Cl)c3)[C@H]2C1.